The van der Waals surface area contributed by atoms with Gasteiger partial charge in [-0.1, -0.05) is 0 Å². The summed E-state index contributed by atoms with van der Waals surface area (Å²) in [6, 6.07) is 7.62. The Balaban J connectivity index is 1.83. The molecule has 0 atom stereocenters. The van der Waals surface area contributed by atoms with E-state index in [2.05, 4.69) is 15.2 Å². The van der Waals surface area contributed by atoms with Gasteiger partial charge in [0.1, 0.15) is 17.1 Å². The van der Waals surface area contributed by atoms with Gasteiger partial charge < -0.3 is 9.72 Å². The summed E-state index contributed by atoms with van der Waals surface area (Å²) < 4.78 is 18.4. The van der Waals surface area contributed by atoms with E-state index in [0.717, 1.165) is 5.56 Å². The number of ether oxygens (including phenoxy) is 1. The van der Waals surface area contributed by atoms with Crippen molar-refractivity contribution in [2.75, 3.05) is 0 Å². The number of nitrogens with one attached hydrogen (secondary N) is 2. The van der Waals surface area contributed by atoms with Crippen LogP contribution in [0.15, 0.2) is 41.3 Å². The summed E-state index contributed by atoms with van der Waals surface area (Å²) in [5.41, 5.74) is 2.62. The van der Waals surface area contributed by atoms with Gasteiger partial charge >= 0.3 is 5.97 Å². The van der Waals surface area contributed by atoms with Gasteiger partial charge in [0.05, 0.1) is 11.9 Å². The van der Waals surface area contributed by atoms with Crippen LogP contribution in [0.3, 0.4) is 0 Å². The van der Waals surface area contributed by atoms with Crippen molar-refractivity contribution in [2.24, 2.45) is 0 Å². The van der Waals surface area contributed by atoms with Gasteiger partial charge in [-0.15, -0.1) is 0 Å². The molecule has 0 unspecified atom stereocenters. The first kappa shape index (κ1) is 15.1. The van der Waals surface area contributed by atoms with Crippen molar-refractivity contribution in [3.05, 3.63) is 75.1 Å². The molecule has 3 aromatic rings. The highest BCUT2D eigenvalue weighted by Gasteiger charge is 2.30. The zero-order chi connectivity index (χ0) is 17.6. The number of halogens is 1. The zero-order valence-electron chi connectivity index (χ0n) is 13.1. The Kier molecular flexibility index (Phi) is 3.35. The molecular formula is C18H12FN3O3. The molecule has 1 aliphatic heterocycles. The lowest BCUT2D eigenvalue weighted by molar-refractivity contribution is 0.0715. The van der Waals surface area contributed by atoms with Crippen LogP contribution >= 0.6 is 0 Å². The van der Waals surface area contributed by atoms with Gasteiger partial charge in [-0.25, -0.2) is 9.18 Å². The molecule has 0 saturated carbocycles. The van der Waals surface area contributed by atoms with Crippen molar-refractivity contribution in [2.45, 2.75) is 6.92 Å². The van der Waals surface area contributed by atoms with Crippen LogP contribution in [-0.2, 0) is 4.74 Å². The number of benzene rings is 1. The van der Waals surface area contributed by atoms with Crippen LogP contribution in [0.2, 0.25) is 0 Å². The number of H-pyrrole nitrogens is 2. The number of aromatic amines is 2. The Morgan fingerprint density at radius 2 is 1.96 bits per heavy atom. The summed E-state index contributed by atoms with van der Waals surface area (Å²) in [6.07, 6.45) is 3.20. The standard InChI is InChI=1S/C18H12FN3O3/c1-9-6-13-14(25-18(24)15(13)17(23)21-9)7-11-8-20-22-16(11)10-2-4-12(19)5-3-10/h2-8H,1H3,(H,20,22)(H,21,23). The molecule has 0 spiro atoms. The number of aryl methyl sites for hydroxylation is 1. The fourth-order valence-electron chi connectivity index (χ4n) is 2.79. The van der Waals surface area contributed by atoms with Crippen molar-refractivity contribution in [3.63, 3.8) is 0 Å². The number of carbonyl (C=O) groups excluding carboxylic acids is 1. The second kappa shape index (κ2) is 5.55. The molecular weight excluding hydrogens is 325 g/mol. The number of fused-ring (bicyclic) bond motifs is 1. The molecule has 1 aromatic carbocycles. The molecule has 6 nitrogen and oxygen atoms in total. The normalized spacial score (nSPS) is 14.6. The van der Waals surface area contributed by atoms with E-state index in [1.807, 2.05) is 0 Å². The van der Waals surface area contributed by atoms with Crippen LogP contribution in [0.1, 0.15) is 27.2 Å². The molecule has 7 heteroatoms. The lowest BCUT2D eigenvalue weighted by Crippen LogP contribution is -2.16. The van der Waals surface area contributed by atoms with Crippen molar-refractivity contribution in [3.8, 4) is 11.3 Å². The molecule has 25 heavy (non-hydrogen) atoms. The highest BCUT2D eigenvalue weighted by Crippen LogP contribution is 2.31. The minimum atomic E-state index is -0.686. The SMILES string of the molecule is Cc1cc2c(c(=O)[nH]1)C(=O)OC2=Cc1cn[nH]c1-c1ccc(F)cc1. The molecule has 4 rings (SSSR count). The fraction of sp³-hybridized carbons (Fsp3) is 0.0556. The van der Waals surface area contributed by atoms with Crippen LogP contribution in [0.5, 0.6) is 0 Å². The van der Waals surface area contributed by atoms with Gasteiger partial charge in [-0.3, -0.25) is 9.89 Å². The first-order chi connectivity index (χ1) is 12.0. The Morgan fingerprint density at radius 1 is 1.20 bits per heavy atom. The van der Waals surface area contributed by atoms with E-state index in [1.165, 1.54) is 12.1 Å². The molecule has 0 bridgehead atoms. The number of aromatic nitrogens is 3. The summed E-state index contributed by atoms with van der Waals surface area (Å²) in [5, 5.41) is 6.85. The topological polar surface area (TPSA) is 87.8 Å². The molecule has 2 N–H and O–H groups in total. The Hall–Kier alpha value is -3.48. The number of cyclic esters (lactones) is 1. The predicted octanol–water partition coefficient (Wildman–Crippen LogP) is 2.88. The molecule has 0 aliphatic carbocycles. The van der Waals surface area contributed by atoms with Crippen molar-refractivity contribution < 1.29 is 13.9 Å². The second-order valence-corrected chi connectivity index (χ2v) is 5.68. The van der Waals surface area contributed by atoms with Gasteiger partial charge in [0, 0.05) is 22.4 Å². The molecule has 0 radical (unpaired) electrons. The molecule has 0 fully saturated rings. The van der Waals surface area contributed by atoms with E-state index in [1.54, 1.807) is 37.4 Å². The van der Waals surface area contributed by atoms with Gasteiger partial charge in [0.25, 0.3) is 5.56 Å². The Labute approximate surface area is 141 Å². The maximum atomic E-state index is 13.1. The average molecular weight is 337 g/mol. The summed E-state index contributed by atoms with van der Waals surface area (Å²) in [7, 11) is 0. The molecule has 2 aromatic heterocycles. The number of rotatable bonds is 2. The van der Waals surface area contributed by atoms with E-state index >= 15 is 0 Å². The lowest BCUT2D eigenvalue weighted by Gasteiger charge is -2.02. The number of pyridine rings is 1. The zero-order valence-corrected chi connectivity index (χ0v) is 13.1. The summed E-state index contributed by atoms with van der Waals surface area (Å²) in [4.78, 5) is 26.5. The quantitative estimate of drug-likeness (QED) is 0.704. The minimum absolute atomic E-state index is 0.0105. The van der Waals surface area contributed by atoms with Gasteiger partial charge in [0.2, 0.25) is 0 Å². The first-order valence-electron chi connectivity index (χ1n) is 7.50. The smallest absolute Gasteiger partial charge is 0.349 e. The molecule has 0 saturated heterocycles. The Bertz CT molecular complexity index is 1080. The van der Waals surface area contributed by atoms with E-state index in [4.69, 9.17) is 4.74 Å². The monoisotopic (exact) mass is 337 g/mol. The van der Waals surface area contributed by atoms with Crippen molar-refractivity contribution >= 4 is 17.8 Å². The number of hydrogen-bond donors (Lipinski definition) is 2. The molecule has 3 heterocycles. The van der Waals surface area contributed by atoms with Crippen LogP contribution in [0, 0.1) is 12.7 Å². The predicted molar refractivity (Wildman–Crippen MR) is 89.1 cm³/mol. The largest absolute Gasteiger partial charge is 0.422 e. The summed E-state index contributed by atoms with van der Waals surface area (Å²) >= 11 is 0. The fourth-order valence-corrected chi connectivity index (χ4v) is 2.79. The highest BCUT2D eigenvalue weighted by molar-refractivity contribution is 6.05. The number of esters is 1. The number of carbonyl (C=O) groups is 1. The third kappa shape index (κ3) is 2.55. The molecule has 1 aliphatic rings. The molecule has 0 amide bonds. The minimum Gasteiger partial charge on any atom is -0.422 e. The lowest BCUT2D eigenvalue weighted by atomic mass is 10.0. The van der Waals surface area contributed by atoms with Crippen LogP contribution in [-0.4, -0.2) is 21.2 Å². The first-order valence-corrected chi connectivity index (χ1v) is 7.50. The van der Waals surface area contributed by atoms with Crippen molar-refractivity contribution in [1.29, 1.82) is 0 Å². The third-order valence-electron chi connectivity index (χ3n) is 3.93. The number of nitrogens with zero attached hydrogens (tertiary/aromatic N) is 1. The van der Waals surface area contributed by atoms with Gasteiger partial charge in [0.15, 0.2) is 0 Å². The van der Waals surface area contributed by atoms with E-state index in [9.17, 15) is 14.0 Å². The van der Waals surface area contributed by atoms with E-state index in [0.29, 0.717) is 22.5 Å². The third-order valence-corrected chi connectivity index (χ3v) is 3.93. The summed E-state index contributed by atoms with van der Waals surface area (Å²) in [5.74, 6) is -0.746. The van der Waals surface area contributed by atoms with Gasteiger partial charge in [-0.05, 0) is 43.3 Å². The van der Waals surface area contributed by atoms with Crippen molar-refractivity contribution in [1.82, 2.24) is 15.2 Å². The van der Waals surface area contributed by atoms with Crippen LogP contribution < -0.4 is 5.56 Å². The Morgan fingerprint density at radius 3 is 2.72 bits per heavy atom. The van der Waals surface area contributed by atoms with E-state index in [-0.39, 0.29) is 17.1 Å². The maximum Gasteiger partial charge on any atom is 0.349 e. The van der Waals surface area contributed by atoms with E-state index < -0.39 is 11.5 Å². The summed E-state index contributed by atoms with van der Waals surface area (Å²) in [6.45, 7) is 1.73. The average Bonchev–Trinajstić information content (AvgIpc) is 3.14. The van der Waals surface area contributed by atoms with Crippen LogP contribution in [0.4, 0.5) is 4.39 Å². The molecule has 124 valence electrons. The highest BCUT2D eigenvalue weighted by atomic mass is 19.1. The second-order valence-electron chi connectivity index (χ2n) is 5.68. The van der Waals surface area contributed by atoms with Gasteiger partial charge in [-0.2, -0.15) is 5.10 Å². The van der Waals surface area contributed by atoms with Crippen LogP contribution in [0.25, 0.3) is 23.1 Å². The number of hydrogen-bond acceptors (Lipinski definition) is 4. The maximum absolute atomic E-state index is 13.1.